The lowest BCUT2D eigenvalue weighted by molar-refractivity contribution is -0.137. The number of unbranched alkanes of at least 4 members (excludes halogenated alkanes) is 1. The van der Waals surface area contributed by atoms with Crippen molar-refractivity contribution >= 4 is 17.6 Å². The van der Waals surface area contributed by atoms with Crippen LogP contribution < -0.4 is 4.74 Å². The molecule has 0 radical (unpaired) electrons. The van der Waals surface area contributed by atoms with Crippen molar-refractivity contribution in [2.45, 2.75) is 50.4 Å². The smallest absolute Gasteiger partial charge is 0.303 e. The molecule has 29 heavy (non-hydrogen) atoms. The second-order valence-corrected chi connectivity index (χ2v) is 7.76. The molecule has 6 nitrogen and oxygen atoms in total. The van der Waals surface area contributed by atoms with Gasteiger partial charge in [0, 0.05) is 23.8 Å². The van der Waals surface area contributed by atoms with Crippen LogP contribution in [0.1, 0.15) is 32.1 Å². The van der Waals surface area contributed by atoms with Crippen LogP contribution in [0.5, 0.6) is 5.75 Å². The molecule has 1 unspecified atom stereocenters. The number of ether oxygens (including phenoxy) is 1. The Bertz CT molecular complexity index is 704. The Morgan fingerprint density at radius 3 is 2.79 bits per heavy atom. The molecular weight excluding hydrogens is 396 g/mol. The number of carboxylic acids is 1. The monoisotopic (exact) mass is 424 g/mol. The Balaban J connectivity index is 1.83. The summed E-state index contributed by atoms with van der Waals surface area (Å²) in [6, 6.07) is 6.90. The maximum Gasteiger partial charge on any atom is 0.303 e. The first-order valence-corrected chi connectivity index (χ1v) is 10.2. The maximum absolute atomic E-state index is 10.5. The second kappa shape index (κ2) is 12.0. The summed E-state index contributed by atoms with van der Waals surface area (Å²) >= 11 is 5.90. The third-order valence-electron chi connectivity index (χ3n) is 5.02. The number of hydrogen-bond acceptors (Lipinski definition) is 5. The fraction of sp³-hybridized carbons (Fsp3) is 0.500. The standard InChI is InChI=1S/C22H29ClO6/c23-15-6-5-7-17(12-15)29-14-16(24)10-11-19-18(20(25)13-21(19)26)8-3-1-2-4-9-22(27)28/h1,3,5-7,10-12,16,18-21,24-26H,2,4,8-9,13-14H2,(H,27,28)/t16?,18-,19-,20+,21-/m1/s1. The minimum atomic E-state index is -0.855. The number of rotatable bonds is 11. The number of aliphatic hydroxyl groups excluding tert-OH is 3. The lowest BCUT2D eigenvalue weighted by Gasteiger charge is -2.19. The van der Waals surface area contributed by atoms with Crippen LogP contribution in [-0.4, -0.2) is 51.3 Å². The van der Waals surface area contributed by atoms with Crippen LogP contribution in [0.2, 0.25) is 5.02 Å². The molecule has 0 amide bonds. The quantitative estimate of drug-likeness (QED) is 0.321. The third-order valence-corrected chi connectivity index (χ3v) is 5.26. The minimum Gasteiger partial charge on any atom is -0.491 e. The summed E-state index contributed by atoms with van der Waals surface area (Å²) in [5.41, 5.74) is 0. The van der Waals surface area contributed by atoms with Crippen molar-refractivity contribution < 1.29 is 30.0 Å². The zero-order valence-electron chi connectivity index (χ0n) is 16.2. The molecule has 1 saturated carbocycles. The summed E-state index contributed by atoms with van der Waals surface area (Å²) in [5, 5.41) is 39.8. The average Bonchev–Trinajstić information content (AvgIpc) is 2.93. The summed E-state index contributed by atoms with van der Waals surface area (Å²) in [7, 11) is 0. The van der Waals surface area contributed by atoms with Gasteiger partial charge in [0.2, 0.25) is 0 Å². The Hall–Kier alpha value is -1.86. The first-order valence-electron chi connectivity index (χ1n) is 9.84. The molecule has 4 N–H and O–H groups in total. The van der Waals surface area contributed by atoms with Crippen LogP contribution in [0, 0.1) is 11.8 Å². The Labute approximate surface area is 176 Å². The Kier molecular flexibility index (Phi) is 9.67. The molecule has 160 valence electrons. The lowest BCUT2D eigenvalue weighted by Crippen LogP contribution is -2.21. The molecule has 0 spiro atoms. The van der Waals surface area contributed by atoms with Gasteiger partial charge in [0.15, 0.2) is 0 Å². The molecule has 1 aromatic rings. The number of hydrogen-bond donors (Lipinski definition) is 4. The molecule has 0 saturated heterocycles. The molecule has 1 aliphatic carbocycles. The van der Waals surface area contributed by atoms with E-state index in [2.05, 4.69) is 0 Å². The van der Waals surface area contributed by atoms with Crippen LogP contribution in [0.25, 0.3) is 0 Å². The average molecular weight is 425 g/mol. The van der Waals surface area contributed by atoms with Crippen molar-refractivity contribution in [3.8, 4) is 5.75 Å². The molecule has 1 aromatic carbocycles. The highest BCUT2D eigenvalue weighted by Gasteiger charge is 2.39. The molecule has 0 aliphatic heterocycles. The summed E-state index contributed by atoms with van der Waals surface area (Å²) < 4.78 is 5.51. The first-order chi connectivity index (χ1) is 13.9. The summed E-state index contributed by atoms with van der Waals surface area (Å²) in [6.45, 7) is 0.0519. The number of benzene rings is 1. The fourth-order valence-corrected chi connectivity index (χ4v) is 3.68. The van der Waals surface area contributed by atoms with Gasteiger partial charge in [-0.05, 0) is 43.4 Å². The summed E-state index contributed by atoms with van der Waals surface area (Å²) in [6.07, 6.45) is 7.26. The highest BCUT2D eigenvalue weighted by atomic mass is 35.5. The van der Waals surface area contributed by atoms with Crippen molar-refractivity contribution in [1.29, 1.82) is 0 Å². The number of carbonyl (C=O) groups is 1. The van der Waals surface area contributed by atoms with E-state index in [0.717, 1.165) is 0 Å². The van der Waals surface area contributed by atoms with Gasteiger partial charge in [-0.3, -0.25) is 4.79 Å². The van der Waals surface area contributed by atoms with Crippen molar-refractivity contribution in [3.63, 3.8) is 0 Å². The number of carboxylic acid groups (broad SMARTS) is 1. The highest BCUT2D eigenvalue weighted by molar-refractivity contribution is 6.30. The molecular formula is C22H29ClO6. The summed E-state index contributed by atoms with van der Waals surface area (Å²) in [4.78, 5) is 10.5. The molecule has 7 heteroatoms. The van der Waals surface area contributed by atoms with E-state index in [1.807, 2.05) is 12.2 Å². The van der Waals surface area contributed by atoms with E-state index < -0.39 is 24.3 Å². The zero-order valence-corrected chi connectivity index (χ0v) is 17.0. The van der Waals surface area contributed by atoms with Crippen molar-refractivity contribution in [2.75, 3.05) is 6.61 Å². The first kappa shape index (κ1) is 23.4. The van der Waals surface area contributed by atoms with Crippen molar-refractivity contribution in [1.82, 2.24) is 0 Å². The van der Waals surface area contributed by atoms with Gasteiger partial charge in [0.25, 0.3) is 0 Å². The number of aliphatic hydroxyl groups is 3. The Morgan fingerprint density at radius 2 is 2.07 bits per heavy atom. The normalized spacial score (nSPS) is 25.7. The predicted octanol–water partition coefficient (Wildman–Crippen LogP) is 3.20. The van der Waals surface area contributed by atoms with Gasteiger partial charge in [0.1, 0.15) is 18.5 Å². The number of allylic oxidation sites excluding steroid dienone is 2. The van der Waals surface area contributed by atoms with E-state index >= 15 is 0 Å². The number of aliphatic carboxylic acids is 1. The van der Waals surface area contributed by atoms with Gasteiger partial charge >= 0.3 is 5.97 Å². The molecule has 2 rings (SSSR count). The van der Waals surface area contributed by atoms with E-state index in [4.69, 9.17) is 21.4 Å². The van der Waals surface area contributed by atoms with Crippen LogP contribution in [0.15, 0.2) is 48.6 Å². The van der Waals surface area contributed by atoms with Crippen LogP contribution >= 0.6 is 11.6 Å². The van der Waals surface area contributed by atoms with Crippen LogP contribution in [-0.2, 0) is 4.79 Å². The maximum atomic E-state index is 10.5. The van der Waals surface area contributed by atoms with Gasteiger partial charge < -0.3 is 25.2 Å². The van der Waals surface area contributed by atoms with E-state index in [1.165, 1.54) is 0 Å². The third kappa shape index (κ3) is 8.19. The fourth-order valence-electron chi connectivity index (χ4n) is 3.50. The molecule has 0 heterocycles. The molecule has 1 aliphatic rings. The number of halogens is 1. The minimum absolute atomic E-state index is 0.0519. The molecule has 0 aromatic heterocycles. The molecule has 5 atom stereocenters. The molecule has 1 fully saturated rings. The van der Waals surface area contributed by atoms with E-state index in [-0.39, 0.29) is 24.9 Å². The van der Waals surface area contributed by atoms with Gasteiger partial charge in [0.05, 0.1) is 12.2 Å². The Morgan fingerprint density at radius 1 is 1.28 bits per heavy atom. The van der Waals surface area contributed by atoms with Crippen molar-refractivity contribution in [2.24, 2.45) is 11.8 Å². The zero-order chi connectivity index (χ0) is 21.2. The van der Waals surface area contributed by atoms with Gasteiger partial charge in [-0.25, -0.2) is 0 Å². The highest BCUT2D eigenvalue weighted by Crippen LogP contribution is 2.36. The summed E-state index contributed by atoms with van der Waals surface area (Å²) in [5.74, 6) is -0.671. The van der Waals surface area contributed by atoms with Crippen LogP contribution in [0.4, 0.5) is 0 Å². The van der Waals surface area contributed by atoms with Gasteiger partial charge in [-0.2, -0.15) is 0 Å². The van der Waals surface area contributed by atoms with E-state index in [9.17, 15) is 20.1 Å². The van der Waals surface area contributed by atoms with Gasteiger partial charge in [-0.15, -0.1) is 0 Å². The van der Waals surface area contributed by atoms with Gasteiger partial charge in [-0.1, -0.05) is 42.0 Å². The molecule has 0 bridgehead atoms. The topological polar surface area (TPSA) is 107 Å². The second-order valence-electron chi connectivity index (χ2n) is 7.33. The van der Waals surface area contributed by atoms with E-state index in [0.29, 0.717) is 36.5 Å². The largest absolute Gasteiger partial charge is 0.491 e. The predicted molar refractivity (Wildman–Crippen MR) is 111 cm³/mol. The lowest BCUT2D eigenvalue weighted by atomic mass is 9.89. The van der Waals surface area contributed by atoms with Crippen molar-refractivity contribution in [3.05, 3.63) is 53.6 Å². The van der Waals surface area contributed by atoms with E-state index in [1.54, 1.807) is 36.4 Å². The van der Waals surface area contributed by atoms with Crippen LogP contribution in [0.3, 0.4) is 0 Å². The SMILES string of the molecule is O=C(O)CCCC=CC[C@@H]1[C@@H](C=CC(O)COc2cccc(Cl)c2)[C@H](O)C[C@@H]1O.